The molecule has 0 aliphatic heterocycles. The Kier molecular flexibility index (Phi) is 9.36. The molecule has 9 heteroatoms. The second-order valence-electron chi connectivity index (χ2n) is 8.62. The van der Waals surface area contributed by atoms with E-state index in [0.29, 0.717) is 5.03 Å². The van der Waals surface area contributed by atoms with Crippen molar-refractivity contribution in [1.29, 1.82) is 0 Å². The first kappa shape index (κ1) is 27.7. The minimum Gasteiger partial charge on any atom is -0.591 e. The lowest BCUT2D eigenvalue weighted by Crippen LogP contribution is -2.31. The van der Waals surface area contributed by atoms with Gasteiger partial charge in [0.05, 0.1) is 0 Å². The summed E-state index contributed by atoms with van der Waals surface area (Å²) in [6, 6.07) is 3.00. The molecule has 0 aliphatic carbocycles. The zero-order valence-corrected chi connectivity index (χ0v) is 19.9. The van der Waals surface area contributed by atoms with Crippen molar-refractivity contribution in [1.82, 2.24) is 0 Å². The van der Waals surface area contributed by atoms with Crippen LogP contribution < -0.4 is 0 Å². The molecule has 0 aliphatic rings. The first-order valence-electron chi connectivity index (χ1n) is 9.47. The van der Waals surface area contributed by atoms with E-state index in [1.165, 1.54) is 6.07 Å². The molecule has 0 saturated carbocycles. The third-order valence-electron chi connectivity index (χ3n) is 4.23. The maximum absolute atomic E-state index is 14.3. The summed E-state index contributed by atoms with van der Waals surface area (Å²) in [7, 11) is 0. The fourth-order valence-electron chi connectivity index (χ4n) is 2.46. The highest BCUT2D eigenvalue weighted by Crippen LogP contribution is 2.32. The molecule has 0 spiro atoms. The van der Waals surface area contributed by atoms with Gasteiger partial charge in [-0.15, -0.1) is 0 Å². The Balaban J connectivity index is 3.63. The van der Waals surface area contributed by atoms with Crippen LogP contribution in [0.2, 0.25) is 0 Å². The first-order chi connectivity index (χ1) is 14.0. The van der Waals surface area contributed by atoms with Crippen molar-refractivity contribution in [2.75, 3.05) is 0 Å². The van der Waals surface area contributed by atoms with Gasteiger partial charge in [-0.2, -0.15) is 8.78 Å². The average molecular weight is 484 g/mol. The zero-order valence-electron chi connectivity index (χ0n) is 18.3. The van der Waals surface area contributed by atoms with Gasteiger partial charge in [-0.3, -0.25) is 0 Å². The van der Waals surface area contributed by atoms with Gasteiger partial charge in [-0.05, 0) is 57.5 Å². The van der Waals surface area contributed by atoms with Crippen molar-refractivity contribution in [3.63, 3.8) is 0 Å². The van der Waals surface area contributed by atoms with Gasteiger partial charge in [0.1, 0.15) is 27.6 Å². The minimum atomic E-state index is -4.31. The number of hydrogen-bond acceptors (Lipinski definition) is 2. The number of hydrogen-bond donors (Lipinski definition) is 0. The van der Waals surface area contributed by atoms with Gasteiger partial charge in [0.15, 0.2) is 0 Å². The molecule has 1 aromatic carbocycles. The summed E-state index contributed by atoms with van der Waals surface area (Å²) in [4.78, 5) is 0. The normalized spacial score (nSPS) is 15.8. The highest BCUT2D eigenvalue weighted by molar-refractivity contribution is 7.91. The van der Waals surface area contributed by atoms with Crippen LogP contribution in [0, 0.1) is 11.2 Å². The molecule has 0 radical (unpaired) electrons. The quantitative estimate of drug-likeness (QED) is 0.166. The predicted octanol–water partition coefficient (Wildman–Crippen LogP) is 7.24. The van der Waals surface area contributed by atoms with Gasteiger partial charge in [0.25, 0.3) is 0 Å². The topological polar surface area (TPSA) is 35.4 Å². The summed E-state index contributed by atoms with van der Waals surface area (Å²) >= 11 is 4.26. The van der Waals surface area contributed by atoms with Gasteiger partial charge in [-0.25, -0.2) is 13.2 Å². The van der Waals surface area contributed by atoms with E-state index >= 15 is 0 Å². The van der Waals surface area contributed by atoms with Crippen LogP contribution in [0.3, 0.4) is 0 Å². The van der Waals surface area contributed by atoms with Crippen LogP contribution in [0.5, 0.6) is 0 Å². The van der Waals surface area contributed by atoms with Crippen molar-refractivity contribution < 1.29 is 26.5 Å². The summed E-state index contributed by atoms with van der Waals surface area (Å²) in [5, 5.41) is 0.417. The van der Waals surface area contributed by atoms with E-state index in [1.807, 2.05) is 0 Å². The molecule has 0 bridgehead atoms. The predicted molar refractivity (Wildman–Crippen MR) is 118 cm³/mol. The van der Waals surface area contributed by atoms with Crippen LogP contribution >= 0.6 is 11.6 Å². The Hall–Kier alpha value is -1.38. The Morgan fingerprint density at radius 1 is 1.16 bits per heavy atom. The number of alkyl halides is 4. The molecule has 2 nitrogen and oxygen atoms in total. The lowest BCUT2D eigenvalue weighted by molar-refractivity contribution is -0.127. The van der Waals surface area contributed by atoms with Crippen LogP contribution in [-0.4, -0.2) is 27.4 Å². The molecule has 0 heterocycles. The SMILES string of the molecule is C/C=C(Cl)\C=C/C(C)(C)C(=N[S+]([O-])C(C)(C)C)c1cc(F)cc(CC(F)(F)C(F)F)c1. The van der Waals surface area contributed by atoms with Crippen LogP contribution in [-0.2, 0) is 17.8 Å². The molecular formula is C22H27ClF5NOS. The molecule has 0 N–H and O–H groups in total. The molecule has 0 saturated heterocycles. The molecule has 1 aromatic rings. The van der Waals surface area contributed by atoms with E-state index < -0.39 is 46.1 Å². The van der Waals surface area contributed by atoms with E-state index in [1.54, 1.807) is 59.8 Å². The summed E-state index contributed by atoms with van der Waals surface area (Å²) in [6.07, 6.45) is -0.339. The van der Waals surface area contributed by atoms with E-state index in [-0.39, 0.29) is 16.8 Å². The number of halogens is 6. The maximum Gasteiger partial charge on any atom is 0.311 e. The molecule has 0 fully saturated rings. The maximum atomic E-state index is 14.3. The highest BCUT2D eigenvalue weighted by Gasteiger charge is 2.41. The fraction of sp³-hybridized carbons (Fsp3) is 0.500. The number of benzene rings is 1. The van der Waals surface area contributed by atoms with Crippen LogP contribution in [0.1, 0.15) is 52.7 Å². The Morgan fingerprint density at radius 3 is 2.23 bits per heavy atom. The van der Waals surface area contributed by atoms with Crippen molar-refractivity contribution >= 4 is 28.7 Å². The molecular weight excluding hydrogens is 457 g/mol. The molecule has 1 rings (SSSR count). The van der Waals surface area contributed by atoms with E-state index in [0.717, 1.165) is 12.1 Å². The fourth-order valence-corrected chi connectivity index (χ4v) is 3.31. The van der Waals surface area contributed by atoms with Gasteiger partial charge < -0.3 is 4.55 Å². The van der Waals surface area contributed by atoms with Gasteiger partial charge in [0.2, 0.25) is 0 Å². The summed E-state index contributed by atoms with van der Waals surface area (Å²) in [5.41, 5.74) is -1.04. The van der Waals surface area contributed by atoms with Crippen LogP contribution in [0.25, 0.3) is 0 Å². The molecule has 1 atom stereocenters. The summed E-state index contributed by atoms with van der Waals surface area (Å²) < 4.78 is 82.9. The van der Waals surface area contributed by atoms with Gasteiger partial charge in [-0.1, -0.05) is 42.0 Å². The molecule has 31 heavy (non-hydrogen) atoms. The molecule has 174 valence electrons. The number of rotatable bonds is 8. The van der Waals surface area contributed by atoms with Crippen molar-refractivity contribution in [2.24, 2.45) is 9.81 Å². The van der Waals surface area contributed by atoms with Gasteiger partial charge in [0, 0.05) is 22.4 Å². The summed E-state index contributed by atoms with van der Waals surface area (Å²) in [5.74, 6) is -5.20. The second kappa shape index (κ2) is 10.5. The smallest absolute Gasteiger partial charge is 0.311 e. The van der Waals surface area contributed by atoms with E-state index in [4.69, 9.17) is 11.6 Å². The number of allylic oxidation sites excluding steroid dienone is 4. The third-order valence-corrected chi connectivity index (χ3v) is 5.97. The highest BCUT2D eigenvalue weighted by atomic mass is 35.5. The van der Waals surface area contributed by atoms with Crippen LogP contribution in [0.4, 0.5) is 22.0 Å². The molecule has 0 amide bonds. The lowest BCUT2D eigenvalue weighted by atomic mass is 9.82. The largest absolute Gasteiger partial charge is 0.591 e. The van der Waals surface area contributed by atoms with E-state index in [9.17, 15) is 26.5 Å². The lowest BCUT2D eigenvalue weighted by Gasteiger charge is -2.26. The Labute approximate surface area is 188 Å². The van der Waals surface area contributed by atoms with Crippen molar-refractivity contribution in [2.45, 2.75) is 65.1 Å². The molecule has 0 aromatic heterocycles. The Morgan fingerprint density at radius 2 is 1.74 bits per heavy atom. The average Bonchev–Trinajstić information content (AvgIpc) is 2.61. The second-order valence-corrected chi connectivity index (χ2v) is 11.0. The number of nitrogens with zero attached hydrogens (tertiary/aromatic N) is 1. The monoisotopic (exact) mass is 483 g/mol. The van der Waals surface area contributed by atoms with Gasteiger partial charge >= 0.3 is 12.3 Å². The summed E-state index contributed by atoms with van der Waals surface area (Å²) in [6.45, 7) is 10.2. The van der Waals surface area contributed by atoms with Crippen molar-refractivity contribution in [3.05, 3.63) is 58.4 Å². The molecule has 1 unspecified atom stereocenters. The van der Waals surface area contributed by atoms with Crippen molar-refractivity contribution in [3.8, 4) is 0 Å². The third kappa shape index (κ3) is 8.24. The Bertz CT molecular complexity index is 860. The van der Waals surface area contributed by atoms with E-state index in [2.05, 4.69) is 4.40 Å². The first-order valence-corrected chi connectivity index (χ1v) is 11.0. The van der Waals surface area contributed by atoms with Crippen LogP contribution in [0.15, 0.2) is 45.9 Å². The zero-order chi connectivity index (χ0) is 24.2. The standard InChI is InChI=1S/C22H27ClF5NOS/c1-7-16(23)8-9-21(5,6)18(29-31(30)20(2,3)4)15-10-14(11-17(24)12-15)13-22(27,28)19(25)26/h7-12,19H,13H2,1-6H3/b9-8-,16-7+,29-18?. The minimum absolute atomic E-state index is 0.0731.